The lowest BCUT2D eigenvalue weighted by Gasteiger charge is -2.25. The van der Waals surface area contributed by atoms with Gasteiger partial charge in [-0.15, -0.1) is 11.3 Å². The lowest BCUT2D eigenvalue weighted by atomic mass is 10.2. The number of carbonyl (C=O) groups excluding carboxylic acids is 1. The number of para-hydroxylation sites is 1. The SMILES string of the molecule is COc1ccccc1-c1ncc(CN(C)C(C)C(=O)N(C)C)s1. The van der Waals surface area contributed by atoms with Crippen molar-refractivity contribution in [1.82, 2.24) is 14.8 Å². The van der Waals surface area contributed by atoms with Gasteiger partial charge >= 0.3 is 0 Å². The molecule has 0 radical (unpaired) electrons. The summed E-state index contributed by atoms with van der Waals surface area (Å²) >= 11 is 1.62. The largest absolute Gasteiger partial charge is 0.496 e. The van der Waals surface area contributed by atoms with E-state index in [4.69, 9.17) is 4.74 Å². The van der Waals surface area contributed by atoms with Crippen molar-refractivity contribution in [2.75, 3.05) is 28.3 Å². The van der Waals surface area contributed by atoms with E-state index < -0.39 is 0 Å². The summed E-state index contributed by atoms with van der Waals surface area (Å²) < 4.78 is 5.39. The first-order valence-corrected chi connectivity index (χ1v) is 8.25. The van der Waals surface area contributed by atoms with E-state index in [2.05, 4.69) is 4.98 Å². The summed E-state index contributed by atoms with van der Waals surface area (Å²) in [6.07, 6.45) is 1.87. The first-order chi connectivity index (χ1) is 10.9. The summed E-state index contributed by atoms with van der Waals surface area (Å²) in [6.45, 7) is 2.61. The molecule has 0 N–H and O–H groups in total. The Morgan fingerprint density at radius 2 is 2.00 bits per heavy atom. The highest BCUT2D eigenvalue weighted by molar-refractivity contribution is 7.15. The number of likely N-dealkylation sites (N-methyl/N-ethyl adjacent to an activating group) is 2. The standard InChI is InChI=1S/C17H23N3O2S/c1-12(17(21)19(2)3)20(4)11-13-10-18-16(23-13)14-8-6-7-9-15(14)22-5/h6-10,12H,11H2,1-5H3. The number of carbonyl (C=O) groups is 1. The van der Waals surface area contributed by atoms with Crippen molar-refractivity contribution in [1.29, 1.82) is 0 Å². The minimum Gasteiger partial charge on any atom is -0.496 e. The minimum atomic E-state index is -0.165. The molecule has 2 aromatic rings. The highest BCUT2D eigenvalue weighted by Crippen LogP contribution is 2.33. The van der Waals surface area contributed by atoms with Crippen LogP contribution in [0.1, 0.15) is 11.8 Å². The lowest BCUT2D eigenvalue weighted by molar-refractivity contribution is -0.133. The van der Waals surface area contributed by atoms with Gasteiger partial charge in [0.2, 0.25) is 5.91 Å². The molecule has 1 aromatic carbocycles. The predicted molar refractivity (Wildman–Crippen MR) is 93.7 cm³/mol. The van der Waals surface area contributed by atoms with Crippen molar-refractivity contribution in [3.63, 3.8) is 0 Å². The molecular weight excluding hydrogens is 310 g/mol. The van der Waals surface area contributed by atoms with Gasteiger partial charge in [-0.2, -0.15) is 0 Å². The molecule has 0 aliphatic rings. The Morgan fingerprint density at radius 3 is 2.65 bits per heavy atom. The summed E-state index contributed by atoms with van der Waals surface area (Å²) in [4.78, 5) is 21.3. The maximum Gasteiger partial charge on any atom is 0.239 e. The maximum absolute atomic E-state index is 12.0. The van der Waals surface area contributed by atoms with E-state index in [0.29, 0.717) is 6.54 Å². The average Bonchev–Trinajstić information content (AvgIpc) is 3.01. The molecule has 0 bridgehead atoms. The van der Waals surface area contributed by atoms with E-state index in [1.54, 1.807) is 37.4 Å². The molecule has 0 aliphatic carbocycles. The summed E-state index contributed by atoms with van der Waals surface area (Å²) in [5, 5.41) is 0.928. The highest BCUT2D eigenvalue weighted by Gasteiger charge is 2.20. The molecule has 0 aliphatic heterocycles. The van der Waals surface area contributed by atoms with E-state index in [1.807, 2.05) is 49.3 Å². The van der Waals surface area contributed by atoms with Crippen LogP contribution in [0.3, 0.4) is 0 Å². The van der Waals surface area contributed by atoms with Crippen LogP contribution in [0.5, 0.6) is 5.75 Å². The molecule has 0 fully saturated rings. The fraction of sp³-hybridized carbons (Fsp3) is 0.412. The average molecular weight is 333 g/mol. The molecule has 124 valence electrons. The Labute approximate surface area is 141 Å². The second kappa shape index (κ2) is 7.57. The normalized spacial score (nSPS) is 12.3. The van der Waals surface area contributed by atoms with Crippen LogP contribution >= 0.6 is 11.3 Å². The molecule has 1 heterocycles. The van der Waals surface area contributed by atoms with Crippen LogP contribution < -0.4 is 4.74 Å². The number of aromatic nitrogens is 1. The summed E-state index contributed by atoms with van der Waals surface area (Å²) in [5.74, 6) is 0.917. The Hall–Kier alpha value is -1.92. The van der Waals surface area contributed by atoms with Crippen molar-refractivity contribution in [3.8, 4) is 16.3 Å². The Bertz CT molecular complexity index is 669. The second-order valence-corrected chi connectivity index (χ2v) is 6.77. The van der Waals surface area contributed by atoms with Crippen molar-refractivity contribution < 1.29 is 9.53 Å². The molecule has 1 aromatic heterocycles. The van der Waals surface area contributed by atoms with E-state index in [0.717, 1.165) is 21.2 Å². The maximum atomic E-state index is 12.0. The third kappa shape index (κ3) is 4.09. The van der Waals surface area contributed by atoms with Gasteiger partial charge < -0.3 is 9.64 Å². The summed E-state index contributed by atoms with van der Waals surface area (Å²) in [5.41, 5.74) is 0.992. The van der Waals surface area contributed by atoms with Gasteiger partial charge in [0.25, 0.3) is 0 Å². The first-order valence-electron chi connectivity index (χ1n) is 7.43. The second-order valence-electron chi connectivity index (χ2n) is 5.66. The van der Waals surface area contributed by atoms with Crippen molar-refractivity contribution in [3.05, 3.63) is 35.3 Å². The molecule has 0 saturated carbocycles. The third-order valence-electron chi connectivity index (χ3n) is 3.76. The van der Waals surface area contributed by atoms with E-state index in [9.17, 15) is 4.79 Å². The molecule has 5 nitrogen and oxygen atoms in total. The summed E-state index contributed by atoms with van der Waals surface area (Å²) in [6, 6.07) is 7.69. The highest BCUT2D eigenvalue weighted by atomic mass is 32.1. The van der Waals surface area contributed by atoms with Gasteiger partial charge in [0.1, 0.15) is 10.8 Å². The van der Waals surface area contributed by atoms with Gasteiger partial charge in [0.15, 0.2) is 0 Å². The number of nitrogens with zero attached hydrogens (tertiary/aromatic N) is 3. The van der Waals surface area contributed by atoms with Gasteiger partial charge in [-0.3, -0.25) is 9.69 Å². The molecule has 0 spiro atoms. The minimum absolute atomic E-state index is 0.0990. The molecule has 2 rings (SSSR count). The lowest BCUT2D eigenvalue weighted by Crippen LogP contribution is -2.42. The number of benzene rings is 1. The van der Waals surface area contributed by atoms with E-state index >= 15 is 0 Å². The van der Waals surface area contributed by atoms with Gasteiger partial charge in [-0.05, 0) is 26.1 Å². The predicted octanol–water partition coefficient (Wildman–Crippen LogP) is 2.73. The fourth-order valence-corrected chi connectivity index (χ4v) is 3.28. The Morgan fingerprint density at radius 1 is 1.30 bits per heavy atom. The van der Waals surface area contributed by atoms with Crippen LogP contribution in [0.4, 0.5) is 0 Å². The van der Waals surface area contributed by atoms with Crippen LogP contribution in [0, 0.1) is 0 Å². The van der Waals surface area contributed by atoms with Crippen LogP contribution in [0.25, 0.3) is 10.6 Å². The zero-order valence-electron chi connectivity index (χ0n) is 14.2. The van der Waals surface area contributed by atoms with Gasteiger partial charge in [0, 0.05) is 31.7 Å². The number of hydrogen-bond acceptors (Lipinski definition) is 5. The van der Waals surface area contributed by atoms with Crippen LogP contribution in [0.2, 0.25) is 0 Å². The smallest absolute Gasteiger partial charge is 0.239 e. The molecule has 1 atom stereocenters. The molecule has 1 amide bonds. The number of rotatable bonds is 6. The number of methoxy groups -OCH3 is 1. The monoisotopic (exact) mass is 333 g/mol. The number of hydrogen-bond donors (Lipinski definition) is 0. The quantitative estimate of drug-likeness (QED) is 0.815. The first kappa shape index (κ1) is 17.4. The van der Waals surface area contributed by atoms with Gasteiger partial charge in [-0.25, -0.2) is 4.98 Å². The summed E-state index contributed by atoms with van der Waals surface area (Å²) in [7, 11) is 7.17. The molecular formula is C17H23N3O2S. The topological polar surface area (TPSA) is 45.7 Å². The van der Waals surface area contributed by atoms with E-state index in [-0.39, 0.29) is 11.9 Å². The fourth-order valence-electron chi connectivity index (χ4n) is 2.27. The molecule has 23 heavy (non-hydrogen) atoms. The van der Waals surface area contributed by atoms with Crippen molar-refractivity contribution in [2.45, 2.75) is 19.5 Å². The zero-order chi connectivity index (χ0) is 17.0. The Balaban J connectivity index is 2.12. The molecule has 6 heteroatoms. The van der Waals surface area contributed by atoms with Crippen molar-refractivity contribution in [2.24, 2.45) is 0 Å². The van der Waals surface area contributed by atoms with Crippen LogP contribution in [-0.4, -0.2) is 55.0 Å². The number of ether oxygens (including phenoxy) is 1. The van der Waals surface area contributed by atoms with Crippen LogP contribution in [0.15, 0.2) is 30.5 Å². The molecule has 0 saturated heterocycles. The number of thiazole rings is 1. The number of amides is 1. The van der Waals surface area contributed by atoms with Crippen LogP contribution in [-0.2, 0) is 11.3 Å². The van der Waals surface area contributed by atoms with Gasteiger partial charge in [-0.1, -0.05) is 12.1 Å². The third-order valence-corrected chi connectivity index (χ3v) is 4.77. The zero-order valence-corrected chi connectivity index (χ0v) is 15.1. The Kier molecular flexibility index (Phi) is 5.74. The van der Waals surface area contributed by atoms with Crippen molar-refractivity contribution >= 4 is 17.2 Å². The van der Waals surface area contributed by atoms with E-state index in [1.165, 1.54) is 0 Å². The van der Waals surface area contributed by atoms with Gasteiger partial charge in [0.05, 0.1) is 18.7 Å². The molecule has 1 unspecified atom stereocenters.